The van der Waals surface area contributed by atoms with Crippen molar-refractivity contribution in [3.05, 3.63) is 77.0 Å². The van der Waals surface area contributed by atoms with Crippen LogP contribution >= 0.6 is 0 Å². The molecule has 1 aromatic carbocycles. The van der Waals surface area contributed by atoms with Crippen LogP contribution in [0.15, 0.2) is 59.9 Å². The molecule has 0 spiro atoms. The molecule has 138 valence electrons. The Morgan fingerprint density at radius 3 is 2.67 bits per heavy atom. The van der Waals surface area contributed by atoms with E-state index in [0.717, 1.165) is 5.69 Å². The minimum absolute atomic E-state index is 0.109. The molecule has 7 heteroatoms. The van der Waals surface area contributed by atoms with Crippen LogP contribution in [0, 0.1) is 5.82 Å². The Hall–Kier alpha value is -3.22. The molecule has 0 unspecified atom stereocenters. The highest BCUT2D eigenvalue weighted by molar-refractivity contribution is 6.01. The first-order chi connectivity index (χ1) is 13.0. The summed E-state index contributed by atoms with van der Waals surface area (Å²) in [5.41, 5.74) is 2.84. The highest BCUT2D eigenvalue weighted by atomic mass is 19.1. The molecule has 0 bridgehead atoms. The summed E-state index contributed by atoms with van der Waals surface area (Å²) in [6.45, 7) is 0.892. The highest BCUT2D eigenvalue weighted by Crippen LogP contribution is 2.35. The Labute approximate surface area is 156 Å². The lowest BCUT2D eigenvalue weighted by Gasteiger charge is -2.31. The van der Waals surface area contributed by atoms with Gasteiger partial charge in [-0.05, 0) is 29.8 Å². The average molecular weight is 366 g/mol. The molecule has 2 aromatic rings. The summed E-state index contributed by atoms with van der Waals surface area (Å²) in [6.07, 6.45) is 2.37. The number of carbonyl (C=O) groups excluding carboxylic acids is 2. The second-order valence-corrected chi connectivity index (χ2v) is 6.65. The van der Waals surface area contributed by atoms with E-state index >= 15 is 0 Å². The number of nitrogens with one attached hydrogen (secondary N) is 1. The first-order valence-electron chi connectivity index (χ1n) is 8.76. The summed E-state index contributed by atoms with van der Waals surface area (Å²) in [5, 5.41) is 2.84. The van der Waals surface area contributed by atoms with Crippen molar-refractivity contribution in [1.82, 2.24) is 20.1 Å². The summed E-state index contributed by atoms with van der Waals surface area (Å²) in [7, 11) is 1.65. The molecule has 3 heterocycles. The van der Waals surface area contributed by atoms with Crippen molar-refractivity contribution in [2.75, 3.05) is 20.1 Å². The van der Waals surface area contributed by atoms with E-state index in [0.29, 0.717) is 36.3 Å². The topological polar surface area (TPSA) is 65.5 Å². The van der Waals surface area contributed by atoms with Crippen molar-refractivity contribution in [2.24, 2.45) is 0 Å². The minimum atomic E-state index is -0.573. The van der Waals surface area contributed by atoms with Crippen molar-refractivity contribution >= 4 is 11.9 Å². The Balaban J connectivity index is 1.59. The van der Waals surface area contributed by atoms with Gasteiger partial charge >= 0.3 is 6.03 Å². The lowest BCUT2D eigenvalue weighted by molar-refractivity contribution is -0.125. The summed E-state index contributed by atoms with van der Waals surface area (Å²) in [6, 6.07) is 10.7. The quantitative estimate of drug-likeness (QED) is 0.903. The lowest BCUT2D eigenvalue weighted by atomic mass is 9.96. The van der Waals surface area contributed by atoms with Gasteiger partial charge in [-0.2, -0.15) is 0 Å². The number of hydrogen-bond donors (Lipinski definition) is 1. The monoisotopic (exact) mass is 366 g/mol. The molecule has 27 heavy (non-hydrogen) atoms. The summed E-state index contributed by atoms with van der Waals surface area (Å²) in [5.74, 6) is -0.468. The van der Waals surface area contributed by atoms with Gasteiger partial charge in [-0.3, -0.25) is 14.7 Å². The van der Waals surface area contributed by atoms with E-state index in [-0.39, 0.29) is 17.8 Å². The lowest BCUT2D eigenvalue weighted by Crippen LogP contribution is -2.45. The van der Waals surface area contributed by atoms with Gasteiger partial charge in [0.15, 0.2) is 0 Å². The number of rotatable bonds is 4. The summed E-state index contributed by atoms with van der Waals surface area (Å²) < 4.78 is 13.3. The first kappa shape index (κ1) is 17.2. The molecular weight excluding hydrogens is 347 g/mol. The Morgan fingerprint density at radius 2 is 1.96 bits per heavy atom. The molecule has 0 saturated carbocycles. The number of hydrogen-bond acceptors (Lipinski definition) is 3. The maximum atomic E-state index is 13.3. The van der Waals surface area contributed by atoms with Gasteiger partial charge in [-0.15, -0.1) is 0 Å². The van der Waals surface area contributed by atoms with Crippen molar-refractivity contribution in [3.63, 3.8) is 0 Å². The van der Waals surface area contributed by atoms with Gasteiger partial charge < -0.3 is 10.2 Å². The molecule has 1 aromatic heterocycles. The fraction of sp³-hybridized carbons (Fsp3) is 0.250. The molecule has 4 rings (SSSR count). The molecule has 1 atom stereocenters. The van der Waals surface area contributed by atoms with E-state index in [9.17, 15) is 14.0 Å². The number of pyridine rings is 1. The minimum Gasteiger partial charge on any atom is -0.333 e. The van der Waals surface area contributed by atoms with Gasteiger partial charge in [0.25, 0.3) is 5.91 Å². The normalized spacial score (nSPS) is 19.4. The molecular formula is C20H19FN4O2. The average Bonchev–Trinajstić information content (AvgIpc) is 3.01. The summed E-state index contributed by atoms with van der Waals surface area (Å²) >= 11 is 0. The fourth-order valence-electron chi connectivity index (χ4n) is 3.50. The van der Waals surface area contributed by atoms with Crippen LogP contribution in [-0.4, -0.2) is 46.9 Å². The third-order valence-corrected chi connectivity index (χ3v) is 5.00. The van der Waals surface area contributed by atoms with E-state index in [4.69, 9.17) is 0 Å². The van der Waals surface area contributed by atoms with E-state index in [2.05, 4.69) is 10.3 Å². The molecule has 2 aliphatic heterocycles. The third-order valence-electron chi connectivity index (χ3n) is 5.00. The van der Waals surface area contributed by atoms with Gasteiger partial charge in [0.2, 0.25) is 0 Å². The molecule has 3 amide bonds. The van der Waals surface area contributed by atoms with Crippen molar-refractivity contribution in [2.45, 2.75) is 12.5 Å². The number of carbonyl (C=O) groups is 2. The molecule has 0 saturated heterocycles. The van der Waals surface area contributed by atoms with Gasteiger partial charge in [0, 0.05) is 31.9 Å². The zero-order chi connectivity index (χ0) is 19.0. The molecule has 6 nitrogen and oxygen atoms in total. The van der Waals surface area contributed by atoms with E-state index in [1.807, 2.05) is 18.2 Å². The standard InChI is InChI=1S/C20H19FN4O2/c1-24-16-12-25(11-9-15-4-2-3-10-22-15)19(26)17(16)18(23-20(24)27)13-5-7-14(21)8-6-13/h2-8,10,18H,9,11-12H2,1H3,(H,23,27)/t18-/m0/s1. The van der Waals surface area contributed by atoms with Gasteiger partial charge in [0.1, 0.15) is 5.82 Å². The number of urea groups is 1. The van der Waals surface area contributed by atoms with Crippen LogP contribution in [0.4, 0.5) is 9.18 Å². The second-order valence-electron chi connectivity index (χ2n) is 6.65. The van der Waals surface area contributed by atoms with Crippen LogP contribution in [0.5, 0.6) is 0 Å². The van der Waals surface area contributed by atoms with Crippen molar-refractivity contribution < 1.29 is 14.0 Å². The van der Waals surface area contributed by atoms with E-state index in [1.165, 1.54) is 17.0 Å². The molecule has 0 radical (unpaired) electrons. The zero-order valence-corrected chi connectivity index (χ0v) is 14.9. The summed E-state index contributed by atoms with van der Waals surface area (Å²) in [4.78, 5) is 32.9. The zero-order valence-electron chi connectivity index (χ0n) is 14.9. The van der Waals surface area contributed by atoms with Crippen LogP contribution in [0.3, 0.4) is 0 Å². The van der Waals surface area contributed by atoms with Crippen LogP contribution in [-0.2, 0) is 11.2 Å². The van der Waals surface area contributed by atoms with Gasteiger partial charge in [-0.25, -0.2) is 9.18 Å². The maximum Gasteiger partial charge on any atom is 0.322 e. The smallest absolute Gasteiger partial charge is 0.322 e. The molecule has 0 aliphatic carbocycles. The number of aromatic nitrogens is 1. The maximum absolute atomic E-state index is 13.3. The third kappa shape index (κ3) is 3.16. The number of amides is 3. The predicted molar refractivity (Wildman–Crippen MR) is 97.0 cm³/mol. The molecule has 1 N–H and O–H groups in total. The van der Waals surface area contributed by atoms with E-state index in [1.54, 1.807) is 30.3 Å². The largest absolute Gasteiger partial charge is 0.333 e. The van der Waals surface area contributed by atoms with Gasteiger partial charge in [-0.1, -0.05) is 18.2 Å². The fourth-order valence-corrected chi connectivity index (χ4v) is 3.50. The number of benzene rings is 1. The SMILES string of the molecule is CN1C(=O)N[C@@H](c2ccc(F)cc2)C2=C1CN(CCc1ccccn1)C2=O. The Bertz CT molecular complexity index is 911. The number of halogens is 1. The van der Waals surface area contributed by atoms with E-state index < -0.39 is 6.04 Å². The van der Waals surface area contributed by atoms with Crippen LogP contribution in [0.25, 0.3) is 0 Å². The Kier molecular flexibility index (Phi) is 4.35. The Morgan fingerprint density at radius 1 is 1.19 bits per heavy atom. The second kappa shape index (κ2) is 6.83. The van der Waals surface area contributed by atoms with Crippen LogP contribution in [0.1, 0.15) is 17.3 Å². The molecule has 2 aliphatic rings. The highest BCUT2D eigenvalue weighted by Gasteiger charge is 2.42. The first-order valence-corrected chi connectivity index (χ1v) is 8.76. The number of nitrogens with zero attached hydrogens (tertiary/aromatic N) is 3. The van der Waals surface area contributed by atoms with Crippen molar-refractivity contribution in [3.8, 4) is 0 Å². The van der Waals surface area contributed by atoms with Crippen LogP contribution in [0.2, 0.25) is 0 Å². The number of likely N-dealkylation sites (N-methyl/N-ethyl adjacent to an activating group) is 1. The van der Waals surface area contributed by atoms with Crippen LogP contribution < -0.4 is 5.32 Å². The molecule has 0 fully saturated rings. The van der Waals surface area contributed by atoms with Crippen molar-refractivity contribution in [1.29, 1.82) is 0 Å². The predicted octanol–water partition coefficient (Wildman–Crippen LogP) is 2.26. The van der Waals surface area contributed by atoms with Gasteiger partial charge in [0.05, 0.1) is 23.9 Å².